The Kier molecular flexibility index (Phi) is 5.37. The van der Waals surface area contributed by atoms with Gasteiger partial charge in [0.1, 0.15) is 12.4 Å². The van der Waals surface area contributed by atoms with Crippen molar-refractivity contribution in [1.82, 2.24) is 4.98 Å². The summed E-state index contributed by atoms with van der Waals surface area (Å²) in [5, 5.41) is 1.03. The molecule has 0 bridgehead atoms. The first-order chi connectivity index (χ1) is 12.0. The predicted molar refractivity (Wildman–Crippen MR) is 100 cm³/mol. The molecule has 1 aromatic heterocycles. The van der Waals surface area contributed by atoms with Crippen LogP contribution in [0.3, 0.4) is 0 Å². The number of pyridine rings is 1. The highest BCUT2D eigenvalue weighted by Gasteiger charge is 2.05. The number of hydrogen-bond acceptors (Lipinski definition) is 3. The third kappa shape index (κ3) is 4.38. The Morgan fingerprint density at radius 1 is 0.960 bits per heavy atom. The van der Waals surface area contributed by atoms with Gasteiger partial charge in [0.2, 0.25) is 0 Å². The van der Waals surface area contributed by atoms with Gasteiger partial charge in [-0.1, -0.05) is 29.3 Å². The SMILES string of the molecule is CC(=O)c1ccc(OCc2cncc(-c3ccc(Cl)c(Cl)c3)c2)cc1. The van der Waals surface area contributed by atoms with Crippen LogP contribution in [0.25, 0.3) is 11.1 Å². The monoisotopic (exact) mass is 371 g/mol. The van der Waals surface area contributed by atoms with Crippen LogP contribution in [-0.4, -0.2) is 10.8 Å². The van der Waals surface area contributed by atoms with Gasteiger partial charge in [0.05, 0.1) is 10.0 Å². The molecular formula is C20H15Cl2NO2. The molecule has 0 unspecified atom stereocenters. The first kappa shape index (κ1) is 17.5. The average Bonchev–Trinajstić information content (AvgIpc) is 2.63. The van der Waals surface area contributed by atoms with Crippen LogP contribution in [0.2, 0.25) is 10.0 Å². The number of carbonyl (C=O) groups excluding carboxylic acids is 1. The minimum absolute atomic E-state index is 0.0325. The Hall–Kier alpha value is -2.36. The molecule has 0 fully saturated rings. The highest BCUT2D eigenvalue weighted by molar-refractivity contribution is 6.42. The number of ketones is 1. The topological polar surface area (TPSA) is 39.2 Å². The number of ether oxygens (including phenoxy) is 1. The minimum atomic E-state index is 0.0325. The van der Waals surface area contributed by atoms with Crippen molar-refractivity contribution in [2.45, 2.75) is 13.5 Å². The lowest BCUT2D eigenvalue weighted by Crippen LogP contribution is -1.98. The quantitative estimate of drug-likeness (QED) is 0.529. The zero-order valence-electron chi connectivity index (χ0n) is 13.5. The lowest BCUT2D eigenvalue weighted by atomic mass is 10.1. The predicted octanol–water partition coefficient (Wildman–Crippen LogP) is 5.84. The van der Waals surface area contributed by atoms with E-state index in [1.807, 2.05) is 18.2 Å². The fraction of sp³-hybridized carbons (Fsp3) is 0.100. The van der Waals surface area contributed by atoms with E-state index in [0.29, 0.717) is 28.0 Å². The van der Waals surface area contributed by atoms with Crippen LogP contribution >= 0.6 is 23.2 Å². The molecule has 0 radical (unpaired) electrons. The number of aromatic nitrogens is 1. The van der Waals surface area contributed by atoms with Crippen LogP contribution in [0.1, 0.15) is 22.8 Å². The smallest absolute Gasteiger partial charge is 0.159 e. The van der Waals surface area contributed by atoms with Gasteiger partial charge in [-0.2, -0.15) is 0 Å². The van der Waals surface area contributed by atoms with E-state index >= 15 is 0 Å². The van der Waals surface area contributed by atoms with Gasteiger partial charge in [-0.3, -0.25) is 9.78 Å². The van der Waals surface area contributed by atoms with Crippen LogP contribution in [-0.2, 0) is 6.61 Å². The first-order valence-electron chi connectivity index (χ1n) is 7.66. The number of Topliss-reactive ketones (excluding diaryl/α,β-unsaturated/α-hetero) is 1. The van der Waals surface area contributed by atoms with Crippen molar-refractivity contribution in [3.63, 3.8) is 0 Å². The molecule has 126 valence electrons. The van der Waals surface area contributed by atoms with Crippen molar-refractivity contribution in [3.05, 3.63) is 82.1 Å². The van der Waals surface area contributed by atoms with Crippen molar-refractivity contribution in [2.75, 3.05) is 0 Å². The summed E-state index contributed by atoms with van der Waals surface area (Å²) in [5.74, 6) is 0.731. The Morgan fingerprint density at radius 2 is 1.72 bits per heavy atom. The number of rotatable bonds is 5. The molecule has 3 aromatic rings. The van der Waals surface area contributed by atoms with Crippen LogP contribution < -0.4 is 4.74 Å². The second kappa shape index (κ2) is 7.68. The van der Waals surface area contributed by atoms with E-state index in [9.17, 15) is 4.79 Å². The van der Waals surface area contributed by atoms with Crippen molar-refractivity contribution < 1.29 is 9.53 Å². The van der Waals surface area contributed by atoms with Gasteiger partial charge >= 0.3 is 0 Å². The first-order valence-corrected chi connectivity index (χ1v) is 8.41. The Balaban J connectivity index is 1.73. The van der Waals surface area contributed by atoms with Crippen LogP contribution in [0.4, 0.5) is 0 Å². The average molecular weight is 372 g/mol. The summed E-state index contributed by atoms with van der Waals surface area (Å²) in [6.07, 6.45) is 3.52. The Morgan fingerprint density at radius 3 is 2.40 bits per heavy atom. The summed E-state index contributed by atoms with van der Waals surface area (Å²) in [6, 6.07) is 14.5. The molecule has 0 saturated heterocycles. The summed E-state index contributed by atoms with van der Waals surface area (Å²) in [7, 11) is 0. The molecule has 0 aliphatic rings. The van der Waals surface area contributed by atoms with Gasteiger partial charge in [0, 0.05) is 29.1 Å². The van der Waals surface area contributed by atoms with Crippen molar-refractivity contribution >= 4 is 29.0 Å². The van der Waals surface area contributed by atoms with Gasteiger partial charge in [0.25, 0.3) is 0 Å². The summed E-state index contributed by atoms with van der Waals surface area (Å²) in [5.41, 5.74) is 3.47. The largest absolute Gasteiger partial charge is 0.489 e. The third-order valence-corrected chi connectivity index (χ3v) is 4.45. The fourth-order valence-electron chi connectivity index (χ4n) is 2.35. The molecule has 2 aromatic carbocycles. The maximum absolute atomic E-state index is 11.3. The van der Waals surface area contributed by atoms with Crippen LogP contribution in [0, 0.1) is 0 Å². The van der Waals surface area contributed by atoms with E-state index in [1.54, 1.807) is 42.7 Å². The standard InChI is InChI=1S/C20H15Cl2NO2/c1-13(24)15-2-5-18(6-3-15)25-12-14-8-17(11-23-10-14)16-4-7-19(21)20(22)9-16/h2-11H,12H2,1H3. The second-order valence-electron chi connectivity index (χ2n) is 5.58. The van der Waals surface area contributed by atoms with E-state index in [0.717, 1.165) is 16.7 Å². The molecule has 0 atom stereocenters. The van der Waals surface area contributed by atoms with E-state index < -0.39 is 0 Å². The maximum Gasteiger partial charge on any atom is 0.159 e. The highest BCUT2D eigenvalue weighted by atomic mass is 35.5. The summed E-state index contributed by atoms with van der Waals surface area (Å²) < 4.78 is 5.76. The van der Waals surface area contributed by atoms with Gasteiger partial charge in [-0.25, -0.2) is 0 Å². The van der Waals surface area contributed by atoms with Crippen LogP contribution in [0.15, 0.2) is 60.9 Å². The number of halogens is 2. The number of benzene rings is 2. The molecule has 3 nitrogen and oxygen atoms in total. The normalized spacial score (nSPS) is 10.5. The highest BCUT2D eigenvalue weighted by Crippen LogP contribution is 2.28. The van der Waals surface area contributed by atoms with Gasteiger partial charge in [-0.15, -0.1) is 0 Å². The zero-order valence-corrected chi connectivity index (χ0v) is 15.0. The third-order valence-electron chi connectivity index (χ3n) is 3.71. The summed E-state index contributed by atoms with van der Waals surface area (Å²) in [6.45, 7) is 1.91. The Bertz CT molecular complexity index is 908. The maximum atomic E-state index is 11.3. The molecule has 0 aliphatic carbocycles. The number of nitrogens with zero attached hydrogens (tertiary/aromatic N) is 1. The lowest BCUT2D eigenvalue weighted by molar-refractivity contribution is 0.101. The van der Waals surface area contributed by atoms with Crippen LogP contribution in [0.5, 0.6) is 5.75 Å². The zero-order chi connectivity index (χ0) is 17.8. The van der Waals surface area contributed by atoms with Crippen molar-refractivity contribution in [2.24, 2.45) is 0 Å². The molecule has 0 amide bonds. The van der Waals surface area contributed by atoms with Crippen molar-refractivity contribution in [3.8, 4) is 16.9 Å². The minimum Gasteiger partial charge on any atom is -0.489 e. The summed E-state index contributed by atoms with van der Waals surface area (Å²) in [4.78, 5) is 15.5. The lowest BCUT2D eigenvalue weighted by Gasteiger charge is -2.09. The second-order valence-corrected chi connectivity index (χ2v) is 6.39. The fourth-order valence-corrected chi connectivity index (χ4v) is 2.65. The van der Waals surface area contributed by atoms with Gasteiger partial charge in [0.15, 0.2) is 5.78 Å². The molecule has 0 saturated carbocycles. The van der Waals surface area contributed by atoms with Crippen molar-refractivity contribution in [1.29, 1.82) is 0 Å². The summed E-state index contributed by atoms with van der Waals surface area (Å²) >= 11 is 12.0. The molecule has 0 spiro atoms. The number of hydrogen-bond donors (Lipinski definition) is 0. The van der Waals surface area contributed by atoms with E-state index in [2.05, 4.69) is 4.98 Å². The molecule has 0 aliphatic heterocycles. The van der Waals surface area contributed by atoms with E-state index in [1.165, 1.54) is 6.92 Å². The van der Waals surface area contributed by atoms with Gasteiger partial charge in [-0.05, 0) is 55.0 Å². The molecule has 5 heteroatoms. The van der Waals surface area contributed by atoms with Gasteiger partial charge < -0.3 is 4.74 Å². The molecular weight excluding hydrogens is 357 g/mol. The van der Waals surface area contributed by atoms with E-state index in [-0.39, 0.29) is 5.78 Å². The molecule has 3 rings (SSSR count). The van der Waals surface area contributed by atoms with E-state index in [4.69, 9.17) is 27.9 Å². The molecule has 0 N–H and O–H groups in total. The number of carbonyl (C=O) groups is 1. The Labute approximate surface area is 156 Å². The molecule has 25 heavy (non-hydrogen) atoms. The molecule has 1 heterocycles.